The summed E-state index contributed by atoms with van der Waals surface area (Å²) in [5.74, 6) is 1.76. The Kier molecular flexibility index (Phi) is 3.71. The topological polar surface area (TPSA) is 48.2 Å². The maximum atomic E-state index is 5.96. The van der Waals surface area contributed by atoms with Gasteiger partial charge < -0.3 is 9.26 Å². The lowest BCUT2D eigenvalue weighted by atomic mass is 10.2. The van der Waals surface area contributed by atoms with Crippen LogP contribution in [0.2, 0.25) is 5.02 Å². The van der Waals surface area contributed by atoms with Crippen LogP contribution in [-0.4, -0.2) is 10.1 Å². The van der Waals surface area contributed by atoms with E-state index in [2.05, 4.69) is 10.1 Å². The normalized spacial score (nSPS) is 10.7. The van der Waals surface area contributed by atoms with Crippen molar-refractivity contribution in [2.24, 2.45) is 0 Å². The molecule has 0 saturated heterocycles. The molecule has 0 amide bonds. The summed E-state index contributed by atoms with van der Waals surface area (Å²) >= 11 is 7.53. The summed E-state index contributed by atoms with van der Waals surface area (Å²) in [4.78, 5) is 5.26. The summed E-state index contributed by atoms with van der Waals surface area (Å²) < 4.78 is 10.8. The number of thiophene rings is 1. The maximum Gasteiger partial charge on any atom is 0.264 e. The van der Waals surface area contributed by atoms with Crippen molar-refractivity contribution in [2.75, 3.05) is 0 Å². The highest BCUT2D eigenvalue weighted by Crippen LogP contribution is 2.23. The molecule has 2 heterocycles. The largest absolute Gasteiger partial charge is 0.484 e. The molecular weight excluding hydrogens is 296 g/mol. The van der Waals surface area contributed by atoms with Gasteiger partial charge in [0.1, 0.15) is 5.75 Å². The van der Waals surface area contributed by atoms with Crippen molar-refractivity contribution in [3.8, 4) is 16.5 Å². The van der Waals surface area contributed by atoms with Gasteiger partial charge in [-0.25, -0.2) is 0 Å². The molecule has 3 rings (SSSR count). The number of rotatable bonds is 4. The van der Waals surface area contributed by atoms with E-state index in [1.807, 2.05) is 36.6 Å². The Morgan fingerprint density at radius 2 is 2.25 bits per heavy atom. The van der Waals surface area contributed by atoms with E-state index >= 15 is 0 Å². The standard InChI is InChI=1S/C14H11ClN2O2S/c1-9-7-10(4-5-11(9)15)18-8-13-16-14(17-19-13)12-3-2-6-20-12/h2-7H,8H2,1H3. The average Bonchev–Trinajstić information content (AvgIpc) is 3.09. The smallest absolute Gasteiger partial charge is 0.264 e. The van der Waals surface area contributed by atoms with Gasteiger partial charge in [0.25, 0.3) is 5.89 Å². The van der Waals surface area contributed by atoms with Crippen LogP contribution in [0, 0.1) is 6.92 Å². The van der Waals surface area contributed by atoms with Gasteiger partial charge in [-0.1, -0.05) is 22.8 Å². The van der Waals surface area contributed by atoms with Crippen molar-refractivity contribution in [1.29, 1.82) is 0 Å². The van der Waals surface area contributed by atoms with Gasteiger partial charge in [0, 0.05) is 5.02 Å². The molecule has 102 valence electrons. The summed E-state index contributed by atoms with van der Waals surface area (Å²) in [6.45, 7) is 2.16. The maximum absolute atomic E-state index is 5.96. The quantitative estimate of drug-likeness (QED) is 0.719. The lowest BCUT2D eigenvalue weighted by molar-refractivity contribution is 0.243. The molecule has 6 heteroatoms. The van der Waals surface area contributed by atoms with E-state index < -0.39 is 0 Å². The van der Waals surface area contributed by atoms with Crippen LogP contribution in [0.4, 0.5) is 0 Å². The fraction of sp³-hybridized carbons (Fsp3) is 0.143. The Morgan fingerprint density at radius 3 is 3.00 bits per heavy atom. The third kappa shape index (κ3) is 2.84. The van der Waals surface area contributed by atoms with Crippen LogP contribution in [0.5, 0.6) is 5.75 Å². The number of hydrogen-bond acceptors (Lipinski definition) is 5. The van der Waals surface area contributed by atoms with Crippen molar-refractivity contribution < 1.29 is 9.26 Å². The third-order valence-electron chi connectivity index (χ3n) is 2.70. The predicted octanol–water partition coefficient (Wildman–Crippen LogP) is 4.34. The Morgan fingerprint density at radius 1 is 1.35 bits per heavy atom. The second-order valence-electron chi connectivity index (χ2n) is 4.19. The van der Waals surface area contributed by atoms with Crippen LogP contribution in [0.25, 0.3) is 10.7 Å². The lowest BCUT2D eigenvalue weighted by Crippen LogP contribution is -1.96. The molecule has 0 atom stereocenters. The fourth-order valence-corrected chi connectivity index (χ4v) is 2.44. The first-order valence-electron chi connectivity index (χ1n) is 5.98. The predicted molar refractivity (Wildman–Crippen MR) is 78.1 cm³/mol. The summed E-state index contributed by atoms with van der Waals surface area (Å²) in [5, 5.41) is 6.61. The first-order chi connectivity index (χ1) is 9.72. The average molecular weight is 307 g/mol. The molecule has 0 N–H and O–H groups in total. The summed E-state index contributed by atoms with van der Waals surface area (Å²) in [5.41, 5.74) is 0.967. The van der Waals surface area contributed by atoms with Gasteiger partial charge >= 0.3 is 0 Å². The Hall–Kier alpha value is -1.85. The minimum Gasteiger partial charge on any atom is -0.484 e. The molecule has 20 heavy (non-hydrogen) atoms. The SMILES string of the molecule is Cc1cc(OCc2nc(-c3cccs3)no2)ccc1Cl. The third-order valence-corrected chi connectivity index (χ3v) is 3.99. The Balaban J connectivity index is 1.68. The van der Waals surface area contributed by atoms with Crippen LogP contribution in [0.3, 0.4) is 0 Å². The van der Waals surface area contributed by atoms with Crippen molar-refractivity contribution >= 4 is 22.9 Å². The zero-order valence-corrected chi connectivity index (χ0v) is 12.2. The summed E-state index contributed by atoms with van der Waals surface area (Å²) in [7, 11) is 0. The zero-order valence-electron chi connectivity index (χ0n) is 10.7. The van der Waals surface area contributed by atoms with E-state index in [0.29, 0.717) is 11.7 Å². The van der Waals surface area contributed by atoms with Crippen LogP contribution >= 0.6 is 22.9 Å². The van der Waals surface area contributed by atoms with Crippen molar-refractivity contribution in [2.45, 2.75) is 13.5 Å². The minimum absolute atomic E-state index is 0.236. The first-order valence-corrected chi connectivity index (χ1v) is 7.23. The van der Waals surface area contributed by atoms with Gasteiger partial charge in [-0.15, -0.1) is 11.3 Å². The van der Waals surface area contributed by atoms with Gasteiger partial charge in [-0.3, -0.25) is 0 Å². The van der Waals surface area contributed by atoms with E-state index in [-0.39, 0.29) is 6.61 Å². The van der Waals surface area contributed by atoms with Gasteiger partial charge in [0.15, 0.2) is 6.61 Å². The van der Waals surface area contributed by atoms with Crippen LogP contribution < -0.4 is 4.74 Å². The van der Waals surface area contributed by atoms with E-state index in [0.717, 1.165) is 21.2 Å². The van der Waals surface area contributed by atoms with Gasteiger partial charge in [0.05, 0.1) is 4.88 Å². The van der Waals surface area contributed by atoms with Gasteiger partial charge in [0.2, 0.25) is 5.82 Å². The molecule has 3 aromatic rings. The van der Waals surface area contributed by atoms with Crippen LogP contribution in [-0.2, 0) is 6.61 Å². The molecule has 0 fully saturated rings. The van der Waals surface area contributed by atoms with E-state index in [4.69, 9.17) is 20.9 Å². The molecule has 0 radical (unpaired) electrons. The highest BCUT2D eigenvalue weighted by molar-refractivity contribution is 7.13. The van der Waals surface area contributed by atoms with E-state index in [1.54, 1.807) is 17.4 Å². The number of aromatic nitrogens is 2. The number of halogens is 1. The lowest BCUT2D eigenvalue weighted by Gasteiger charge is -2.04. The molecule has 1 aromatic carbocycles. The van der Waals surface area contributed by atoms with Crippen molar-refractivity contribution in [1.82, 2.24) is 10.1 Å². The van der Waals surface area contributed by atoms with Crippen molar-refractivity contribution in [3.63, 3.8) is 0 Å². The Labute approximate surface area is 125 Å². The summed E-state index contributed by atoms with van der Waals surface area (Å²) in [6.07, 6.45) is 0. The number of benzene rings is 1. The molecule has 4 nitrogen and oxygen atoms in total. The van der Waals surface area contributed by atoms with Gasteiger partial charge in [-0.2, -0.15) is 4.98 Å². The highest BCUT2D eigenvalue weighted by Gasteiger charge is 2.10. The fourth-order valence-electron chi connectivity index (χ4n) is 1.67. The van der Waals surface area contributed by atoms with Gasteiger partial charge in [-0.05, 0) is 42.1 Å². The zero-order chi connectivity index (χ0) is 13.9. The van der Waals surface area contributed by atoms with Crippen LogP contribution in [0.1, 0.15) is 11.5 Å². The number of aryl methyl sites for hydroxylation is 1. The van der Waals surface area contributed by atoms with Crippen LogP contribution in [0.15, 0.2) is 40.2 Å². The molecule has 0 aliphatic rings. The molecule has 0 aliphatic heterocycles. The monoisotopic (exact) mass is 306 g/mol. The highest BCUT2D eigenvalue weighted by atomic mass is 35.5. The number of ether oxygens (including phenoxy) is 1. The molecular formula is C14H11ClN2O2S. The van der Waals surface area contributed by atoms with E-state index in [9.17, 15) is 0 Å². The first kappa shape index (κ1) is 13.1. The Bertz CT molecular complexity index is 710. The molecule has 0 aliphatic carbocycles. The second-order valence-corrected chi connectivity index (χ2v) is 5.54. The molecule has 0 unspecified atom stereocenters. The molecule has 0 saturated carbocycles. The minimum atomic E-state index is 0.236. The van der Waals surface area contributed by atoms with Crippen molar-refractivity contribution in [3.05, 3.63) is 52.2 Å². The summed E-state index contributed by atoms with van der Waals surface area (Å²) in [6, 6.07) is 9.38. The molecule has 0 spiro atoms. The molecule has 0 bridgehead atoms. The van der Waals surface area contributed by atoms with E-state index in [1.165, 1.54) is 0 Å². The number of nitrogens with zero attached hydrogens (tertiary/aromatic N) is 2. The molecule has 2 aromatic heterocycles. The second kappa shape index (κ2) is 5.64. The number of hydrogen-bond donors (Lipinski definition) is 0.